The molecule has 1 rings (SSSR count). The summed E-state index contributed by atoms with van der Waals surface area (Å²) in [6, 6.07) is 0. The van der Waals surface area contributed by atoms with Crippen LogP contribution in [0.4, 0.5) is 0 Å². The molecule has 0 saturated heterocycles. The average Bonchev–Trinajstić information content (AvgIpc) is 2.80. The highest BCUT2D eigenvalue weighted by Crippen LogP contribution is 2.10. The molecule has 0 atom stereocenters. The zero-order valence-electron chi connectivity index (χ0n) is 10.5. The molecule has 2 N–H and O–H groups in total. The molecule has 0 amide bonds. The maximum Gasteiger partial charge on any atom is 0.0955 e. The second-order valence-corrected chi connectivity index (χ2v) is 4.49. The highest BCUT2D eigenvalue weighted by Gasteiger charge is 2.05. The van der Waals surface area contributed by atoms with Gasteiger partial charge in [0.2, 0.25) is 0 Å². The minimum Gasteiger partial charge on any atom is -0.370 e. The Kier molecular flexibility index (Phi) is 7.65. The summed E-state index contributed by atoms with van der Waals surface area (Å²) in [5.41, 5.74) is 0. The van der Waals surface area contributed by atoms with Crippen LogP contribution in [0.2, 0.25) is 0 Å². The van der Waals surface area contributed by atoms with Gasteiger partial charge < -0.3 is 10.6 Å². The number of hydrogen-bond acceptors (Lipinski definition) is 2. The van der Waals surface area contributed by atoms with E-state index in [4.69, 9.17) is 0 Å². The van der Waals surface area contributed by atoms with E-state index in [0.717, 1.165) is 0 Å². The zero-order chi connectivity index (χ0) is 11.5. The van der Waals surface area contributed by atoms with E-state index in [2.05, 4.69) is 29.7 Å². The van der Waals surface area contributed by atoms with Crippen molar-refractivity contribution in [3.8, 4) is 0 Å². The molecule has 1 aliphatic rings. The lowest BCUT2D eigenvalue weighted by Crippen LogP contribution is -2.30. The predicted molar refractivity (Wildman–Crippen MR) is 70.9 cm³/mol. The van der Waals surface area contributed by atoms with Crippen molar-refractivity contribution >= 4 is 0 Å². The third-order valence-electron chi connectivity index (χ3n) is 3.03. The molecule has 92 valence electrons. The summed E-state index contributed by atoms with van der Waals surface area (Å²) < 4.78 is 0. The molecule has 1 aliphatic heterocycles. The first-order valence-corrected chi connectivity index (χ1v) is 6.72. The van der Waals surface area contributed by atoms with Crippen LogP contribution >= 0.6 is 0 Å². The van der Waals surface area contributed by atoms with Gasteiger partial charge in [0.05, 0.1) is 6.17 Å². The second-order valence-electron chi connectivity index (χ2n) is 4.49. The molecule has 0 spiro atoms. The lowest BCUT2D eigenvalue weighted by atomic mass is 10.1. The van der Waals surface area contributed by atoms with E-state index in [1.54, 1.807) is 0 Å². The topological polar surface area (TPSA) is 24.1 Å². The molecular weight excluding hydrogens is 196 g/mol. The fourth-order valence-electron chi connectivity index (χ4n) is 2.03. The molecule has 0 aromatic rings. The van der Waals surface area contributed by atoms with Gasteiger partial charge in [-0.05, 0) is 32.6 Å². The summed E-state index contributed by atoms with van der Waals surface area (Å²) in [7, 11) is 0. The van der Waals surface area contributed by atoms with Gasteiger partial charge in [0, 0.05) is 12.4 Å². The highest BCUT2D eigenvalue weighted by atomic mass is 15.1. The molecule has 0 bridgehead atoms. The minimum atomic E-state index is 0.495. The van der Waals surface area contributed by atoms with E-state index in [1.165, 1.54) is 51.4 Å². The molecule has 2 heteroatoms. The Morgan fingerprint density at radius 2 is 1.56 bits per heavy atom. The van der Waals surface area contributed by atoms with Crippen molar-refractivity contribution < 1.29 is 0 Å². The van der Waals surface area contributed by atoms with E-state index in [1.807, 2.05) is 12.4 Å². The molecule has 0 fully saturated rings. The van der Waals surface area contributed by atoms with E-state index in [-0.39, 0.29) is 0 Å². The van der Waals surface area contributed by atoms with Crippen LogP contribution in [0.25, 0.3) is 0 Å². The summed E-state index contributed by atoms with van der Waals surface area (Å²) in [5, 5.41) is 6.57. The van der Waals surface area contributed by atoms with Gasteiger partial charge in [0.25, 0.3) is 0 Å². The van der Waals surface area contributed by atoms with Crippen LogP contribution in [0.5, 0.6) is 0 Å². The standard InChI is InChI=1S/C14H26N2/c1-2-3-4-5-6-7-8-9-10-11-14-15-12-13-16-14/h2-3,12-16H,4-11H2,1H3/b3-2+. The Balaban J connectivity index is 1.74. The monoisotopic (exact) mass is 222 g/mol. The zero-order valence-corrected chi connectivity index (χ0v) is 10.5. The third kappa shape index (κ3) is 6.54. The first kappa shape index (κ1) is 13.1. The van der Waals surface area contributed by atoms with Gasteiger partial charge in [-0.1, -0.05) is 37.8 Å². The number of rotatable bonds is 9. The van der Waals surface area contributed by atoms with Gasteiger partial charge in [0.1, 0.15) is 0 Å². The van der Waals surface area contributed by atoms with Crippen molar-refractivity contribution in [2.24, 2.45) is 0 Å². The van der Waals surface area contributed by atoms with Crippen LogP contribution in [-0.2, 0) is 0 Å². The van der Waals surface area contributed by atoms with E-state index in [0.29, 0.717) is 6.17 Å². The molecule has 0 radical (unpaired) electrons. The van der Waals surface area contributed by atoms with Gasteiger partial charge >= 0.3 is 0 Å². The van der Waals surface area contributed by atoms with Crippen molar-refractivity contribution in [2.45, 2.75) is 64.5 Å². The second kappa shape index (κ2) is 9.32. The Bertz CT molecular complexity index is 201. The summed E-state index contributed by atoms with van der Waals surface area (Å²) >= 11 is 0. The maximum absolute atomic E-state index is 3.28. The molecule has 0 aliphatic carbocycles. The van der Waals surface area contributed by atoms with E-state index < -0.39 is 0 Å². The van der Waals surface area contributed by atoms with Gasteiger partial charge in [-0.2, -0.15) is 0 Å². The fourth-order valence-corrected chi connectivity index (χ4v) is 2.03. The predicted octanol–water partition coefficient (Wildman–Crippen LogP) is 3.67. The first-order chi connectivity index (χ1) is 7.93. The highest BCUT2D eigenvalue weighted by molar-refractivity contribution is 4.90. The number of unbranched alkanes of at least 4 members (excludes halogenated alkanes) is 6. The maximum atomic E-state index is 3.28. The smallest absolute Gasteiger partial charge is 0.0955 e. The SMILES string of the molecule is C/C=C/CCCCCCCCC1NC=CN1. The molecule has 0 aromatic heterocycles. The number of nitrogens with one attached hydrogen (secondary N) is 2. The van der Waals surface area contributed by atoms with Crippen molar-refractivity contribution in [3.63, 3.8) is 0 Å². The summed E-state index contributed by atoms with van der Waals surface area (Å²) in [5.74, 6) is 0. The minimum absolute atomic E-state index is 0.495. The Morgan fingerprint density at radius 3 is 2.25 bits per heavy atom. The number of hydrogen-bond donors (Lipinski definition) is 2. The largest absolute Gasteiger partial charge is 0.370 e. The molecular formula is C14H26N2. The van der Waals surface area contributed by atoms with Crippen molar-refractivity contribution in [1.82, 2.24) is 10.6 Å². The van der Waals surface area contributed by atoms with E-state index in [9.17, 15) is 0 Å². The molecule has 16 heavy (non-hydrogen) atoms. The van der Waals surface area contributed by atoms with Crippen LogP contribution in [0, 0.1) is 0 Å². The molecule has 0 saturated carbocycles. The summed E-state index contributed by atoms with van der Waals surface area (Å²) in [4.78, 5) is 0. The van der Waals surface area contributed by atoms with Gasteiger partial charge in [0.15, 0.2) is 0 Å². The lowest BCUT2D eigenvalue weighted by molar-refractivity contribution is 0.483. The van der Waals surface area contributed by atoms with Crippen molar-refractivity contribution in [2.75, 3.05) is 0 Å². The molecule has 0 unspecified atom stereocenters. The van der Waals surface area contributed by atoms with Crippen LogP contribution in [-0.4, -0.2) is 6.17 Å². The van der Waals surface area contributed by atoms with Crippen molar-refractivity contribution in [1.29, 1.82) is 0 Å². The van der Waals surface area contributed by atoms with Crippen LogP contribution < -0.4 is 10.6 Å². The molecule has 0 aromatic carbocycles. The molecule has 2 nitrogen and oxygen atoms in total. The van der Waals surface area contributed by atoms with Gasteiger partial charge in [-0.3, -0.25) is 0 Å². The Morgan fingerprint density at radius 1 is 0.938 bits per heavy atom. The van der Waals surface area contributed by atoms with Gasteiger partial charge in [-0.15, -0.1) is 0 Å². The van der Waals surface area contributed by atoms with E-state index >= 15 is 0 Å². The number of allylic oxidation sites excluding steroid dienone is 2. The van der Waals surface area contributed by atoms with Crippen LogP contribution in [0.3, 0.4) is 0 Å². The summed E-state index contributed by atoms with van der Waals surface area (Å²) in [6.07, 6.45) is 19.7. The average molecular weight is 222 g/mol. The third-order valence-corrected chi connectivity index (χ3v) is 3.03. The quantitative estimate of drug-likeness (QED) is 0.459. The lowest BCUT2D eigenvalue weighted by Gasteiger charge is -2.11. The van der Waals surface area contributed by atoms with Crippen LogP contribution in [0.1, 0.15) is 58.3 Å². The Hall–Kier alpha value is -0.920. The Labute approximate surface area is 100 Å². The fraction of sp³-hybridized carbons (Fsp3) is 0.714. The van der Waals surface area contributed by atoms with Crippen molar-refractivity contribution in [3.05, 3.63) is 24.6 Å². The first-order valence-electron chi connectivity index (χ1n) is 6.72. The normalized spacial score (nSPS) is 15.6. The molecule has 1 heterocycles. The van der Waals surface area contributed by atoms with Crippen LogP contribution in [0.15, 0.2) is 24.6 Å². The van der Waals surface area contributed by atoms with Gasteiger partial charge in [-0.25, -0.2) is 0 Å². The summed E-state index contributed by atoms with van der Waals surface area (Å²) in [6.45, 7) is 2.10.